The first kappa shape index (κ1) is 25.1. The Kier molecular flexibility index (Phi) is 9.19. The highest BCUT2D eigenvalue weighted by molar-refractivity contribution is 5.73. The third-order valence-corrected chi connectivity index (χ3v) is 5.85. The molecule has 4 aromatic rings. The van der Waals surface area contributed by atoms with Crippen LogP contribution < -0.4 is 0 Å². The molecule has 0 aromatic carbocycles. The Morgan fingerprint density at radius 3 is 1.36 bits per heavy atom. The molecule has 0 radical (unpaired) electrons. The fourth-order valence-electron chi connectivity index (χ4n) is 4.10. The molecule has 0 saturated heterocycles. The van der Waals surface area contributed by atoms with Crippen LogP contribution in [0.5, 0.6) is 0 Å². The lowest BCUT2D eigenvalue weighted by Gasteiger charge is -2.30. The van der Waals surface area contributed by atoms with Gasteiger partial charge in [-0.25, -0.2) is 0 Å². The topological polar surface area (TPSA) is 95.3 Å². The molecule has 4 rings (SSSR count). The van der Waals surface area contributed by atoms with E-state index in [1.54, 1.807) is 24.8 Å². The van der Waals surface area contributed by atoms with E-state index in [9.17, 15) is 9.90 Å². The summed E-state index contributed by atoms with van der Waals surface area (Å²) in [6, 6.07) is 22.3. The fourth-order valence-corrected chi connectivity index (χ4v) is 4.10. The lowest BCUT2D eigenvalue weighted by atomic mass is 10.1. The number of hydrogen-bond donors (Lipinski definition) is 1. The van der Waals surface area contributed by atoms with Crippen molar-refractivity contribution in [2.45, 2.75) is 38.6 Å². The second-order valence-electron chi connectivity index (χ2n) is 8.54. The molecule has 0 fully saturated rings. The van der Waals surface area contributed by atoms with Gasteiger partial charge in [0.25, 0.3) is 0 Å². The van der Waals surface area contributed by atoms with Crippen LogP contribution in [-0.2, 0) is 31.0 Å². The highest BCUT2D eigenvalue weighted by Crippen LogP contribution is 2.16. The van der Waals surface area contributed by atoms with Crippen molar-refractivity contribution in [1.82, 2.24) is 29.7 Å². The summed E-state index contributed by atoms with van der Waals surface area (Å²) in [6.07, 6.45) is 7.43. The van der Waals surface area contributed by atoms with Gasteiger partial charge in [-0.2, -0.15) is 0 Å². The predicted molar refractivity (Wildman–Crippen MR) is 136 cm³/mol. The molecular weight excluding hydrogens is 452 g/mol. The number of aromatic nitrogens is 4. The van der Waals surface area contributed by atoms with E-state index in [0.29, 0.717) is 39.1 Å². The number of rotatable bonds is 13. The lowest BCUT2D eigenvalue weighted by Crippen LogP contribution is -2.43. The Morgan fingerprint density at radius 1 is 0.639 bits per heavy atom. The van der Waals surface area contributed by atoms with E-state index in [1.165, 1.54) is 0 Å². The van der Waals surface area contributed by atoms with Gasteiger partial charge in [-0.15, -0.1) is 0 Å². The van der Waals surface area contributed by atoms with Gasteiger partial charge in [-0.3, -0.25) is 34.5 Å². The third-order valence-electron chi connectivity index (χ3n) is 5.85. The monoisotopic (exact) mass is 482 g/mol. The quantitative estimate of drug-likeness (QED) is 0.307. The number of carboxylic acid groups (broad SMARTS) is 1. The van der Waals surface area contributed by atoms with Gasteiger partial charge in [0.2, 0.25) is 0 Å². The first-order valence-electron chi connectivity index (χ1n) is 12.0. The summed E-state index contributed by atoms with van der Waals surface area (Å²) in [5.41, 5.74) is 3.50. The second-order valence-corrected chi connectivity index (χ2v) is 8.54. The van der Waals surface area contributed by atoms with Crippen molar-refractivity contribution in [2.24, 2.45) is 0 Å². The average molecular weight is 483 g/mol. The number of pyridine rings is 4. The van der Waals surface area contributed by atoms with Gasteiger partial charge in [-0.1, -0.05) is 24.3 Å². The molecule has 0 amide bonds. The van der Waals surface area contributed by atoms with Crippen LogP contribution >= 0.6 is 0 Å². The van der Waals surface area contributed by atoms with Crippen LogP contribution in [0.3, 0.4) is 0 Å². The summed E-state index contributed by atoms with van der Waals surface area (Å²) in [6.45, 7) is 2.59. The molecule has 36 heavy (non-hydrogen) atoms. The van der Waals surface area contributed by atoms with Crippen LogP contribution in [0.4, 0.5) is 0 Å². The maximum absolute atomic E-state index is 12.5. The van der Waals surface area contributed by atoms with Gasteiger partial charge < -0.3 is 5.11 Å². The Bertz CT molecular complexity index is 1100. The number of hydrogen-bond acceptors (Lipinski definition) is 7. The molecule has 8 heteroatoms. The zero-order valence-corrected chi connectivity index (χ0v) is 20.1. The Hall–Kier alpha value is -4.01. The fraction of sp³-hybridized carbons (Fsp3) is 0.250. The standard InChI is InChI=1S/C28H30N6O2/c35-28(36)27(34(21-25-11-3-7-16-31-25)22-26-12-4-8-17-32-26)13-18-33(19-23-9-1-5-14-29-23)20-24-10-2-6-15-30-24/h1-12,14-17,27H,13,18-22H2,(H,35,36)/t27-/m0/s1. The molecule has 8 nitrogen and oxygen atoms in total. The zero-order valence-electron chi connectivity index (χ0n) is 20.1. The van der Waals surface area contributed by atoms with Gasteiger partial charge in [-0.05, 0) is 55.0 Å². The highest BCUT2D eigenvalue weighted by Gasteiger charge is 2.27. The molecule has 0 spiro atoms. The first-order valence-corrected chi connectivity index (χ1v) is 12.0. The van der Waals surface area contributed by atoms with Crippen LogP contribution in [0.25, 0.3) is 0 Å². The Morgan fingerprint density at radius 2 is 1.03 bits per heavy atom. The van der Waals surface area contributed by atoms with Crippen molar-refractivity contribution >= 4 is 5.97 Å². The molecule has 0 saturated carbocycles. The predicted octanol–water partition coefficient (Wildman–Crippen LogP) is 3.81. The second kappa shape index (κ2) is 13.2. The molecule has 0 aliphatic heterocycles. The largest absolute Gasteiger partial charge is 0.480 e. The van der Waals surface area contributed by atoms with Crippen molar-refractivity contribution in [3.8, 4) is 0 Å². The molecule has 4 heterocycles. The minimum Gasteiger partial charge on any atom is -0.480 e. The normalized spacial score (nSPS) is 12.1. The van der Waals surface area contributed by atoms with E-state index in [0.717, 1.165) is 22.8 Å². The van der Waals surface area contributed by atoms with Crippen LogP contribution in [0.15, 0.2) is 97.6 Å². The van der Waals surface area contributed by atoms with Gasteiger partial charge >= 0.3 is 5.97 Å². The molecular formula is C28H30N6O2. The van der Waals surface area contributed by atoms with Crippen molar-refractivity contribution in [3.05, 3.63) is 120 Å². The smallest absolute Gasteiger partial charge is 0.320 e. The van der Waals surface area contributed by atoms with Crippen molar-refractivity contribution in [2.75, 3.05) is 6.54 Å². The molecule has 0 unspecified atom stereocenters. The lowest BCUT2D eigenvalue weighted by molar-refractivity contribution is -0.144. The van der Waals surface area contributed by atoms with Crippen LogP contribution in [-0.4, -0.2) is 53.4 Å². The summed E-state index contributed by atoms with van der Waals surface area (Å²) in [7, 11) is 0. The maximum atomic E-state index is 12.5. The summed E-state index contributed by atoms with van der Waals surface area (Å²) < 4.78 is 0. The van der Waals surface area contributed by atoms with Crippen molar-refractivity contribution in [1.29, 1.82) is 0 Å². The van der Waals surface area contributed by atoms with Crippen molar-refractivity contribution < 1.29 is 9.90 Å². The zero-order chi connectivity index (χ0) is 25.0. The summed E-state index contributed by atoms with van der Waals surface area (Å²) in [5.74, 6) is -0.863. The van der Waals surface area contributed by atoms with Gasteiger partial charge in [0.05, 0.1) is 22.8 Å². The average Bonchev–Trinajstić information content (AvgIpc) is 2.91. The Balaban J connectivity index is 1.53. The van der Waals surface area contributed by atoms with E-state index in [2.05, 4.69) is 24.8 Å². The highest BCUT2D eigenvalue weighted by atomic mass is 16.4. The van der Waals surface area contributed by atoms with Gasteiger partial charge in [0.15, 0.2) is 0 Å². The number of nitrogens with zero attached hydrogens (tertiary/aromatic N) is 6. The number of carboxylic acids is 1. The molecule has 184 valence electrons. The first-order chi connectivity index (χ1) is 17.7. The van der Waals surface area contributed by atoms with Crippen LogP contribution in [0, 0.1) is 0 Å². The third kappa shape index (κ3) is 7.76. The number of carbonyl (C=O) groups is 1. The van der Waals surface area contributed by atoms with Crippen LogP contribution in [0.1, 0.15) is 29.2 Å². The SMILES string of the molecule is O=C(O)[C@H](CCN(Cc1ccccn1)Cc1ccccn1)N(Cc1ccccn1)Cc1ccccn1. The molecule has 1 atom stereocenters. The molecule has 0 aliphatic carbocycles. The molecule has 1 N–H and O–H groups in total. The minimum absolute atomic E-state index is 0.412. The van der Waals surface area contributed by atoms with E-state index < -0.39 is 12.0 Å². The van der Waals surface area contributed by atoms with Gasteiger partial charge in [0, 0.05) is 57.5 Å². The number of aliphatic carboxylic acids is 1. The van der Waals surface area contributed by atoms with E-state index in [1.807, 2.05) is 77.7 Å². The Labute approximate surface area is 211 Å². The summed E-state index contributed by atoms with van der Waals surface area (Å²) >= 11 is 0. The van der Waals surface area contributed by atoms with Crippen LogP contribution in [0.2, 0.25) is 0 Å². The van der Waals surface area contributed by atoms with Gasteiger partial charge in [0.1, 0.15) is 6.04 Å². The summed E-state index contributed by atoms with van der Waals surface area (Å²) in [4.78, 5) is 34.4. The van der Waals surface area contributed by atoms with E-state index in [4.69, 9.17) is 0 Å². The maximum Gasteiger partial charge on any atom is 0.320 e. The molecule has 0 bridgehead atoms. The van der Waals surface area contributed by atoms with E-state index in [-0.39, 0.29) is 0 Å². The molecule has 4 aromatic heterocycles. The minimum atomic E-state index is -0.863. The van der Waals surface area contributed by atoms with Crippen molar-refractivity contribution in [3.63, 3.8) is 0 Å². The molecule has 0 aliphatic rings. The van der Waals surface area contributed by atoms with E-state index >= 15 is 0 Å². The summed E-state index contributed by atoms with van der Waals surface area (Å²) in [5, 5.41) is 10.3.